The van der Waals surface area contributed by atoms with Crippen molar-refractivity contribution in [1.29, 1.82) is 0 Å². The van der Waals surface area contributed by atoms with Gasteiger partial charge in [0, 0.05) is 24.7 Å². The van der Waals surface area contributed by atoms with E-state index in [2.05, 4.69) is 17.1 Å². The van der Waals surface area contributed by atoms with Crippen LogP contribution in [0.2, 0.25) is 0 Å². The summed E-state index contributed by atoms with van der Waals surface area (Å²) in [5.41, 5.74) is 1.62. The third kappa shape index (κ3) is 3.55. The average Bonchev–Trinajstić information content (AvgIpc) is 2.69. The van der Waals surface area contributed by atoms with Gasteiger partial charge in [0.05, 0.1) is 4.90 Å². The fourth-order valence-electron chi connectivity index (χ4n) is 3.80. The van der Waals surface area contributed by atoms with Crippen LogP contribution in [0.25, 0.3) is 10.9 Å². The van der Waals surface area contributed by atoms with Crippen molar-refractivity contribution in [2.45, 2.75) is 24.2 Å². The van der Waals surface area contributed by atoms with Crippen LogP contribution in [0.5, 0.6) is 5.75 Å². The van der Waals surface area contributed by atoms with Gasteiger partial charge in [0.15, 0.2) is 0 Å². The minimum Gasteiger partial charge on any atom is -0.506 e. The number of pyridine rings is 1. The number of benzene rings is 2. The molecule has 5 nitrogen and oxygen atoms in total. The van der Waals surface area contributed by atoms with Crippen molar-refractivity contribution in [2.24, 2.45) is 5.92 Å². The lowest BCUT2D eigenvalue weighted by atomic mass is 9.91. The number of fused-ring (bicyclic) bond motifs is 1. The summed E-state index contributed by atoms with van der Waals surface area (Å²) in [6, 6.07) is 16.6. The van der Waals surface area contributed by atoms with Gasteiger partial charge in [0.25, 0.3) is 0 Å². The van der Waals surface area contributed by atoms with Crippen LogP contribution in [-0.4, -0.2) is 35.9 Å². The van der Waals surface area contributed by atoms with Gasteiger partial charge in [-0.25, -0.2) is 8.42 Å². The van der Waals surface area contributed by atoms with Crippen molar-refractivity contribution in [3.05, 3.63) is 66.4 Å². The Kier molecular flexibility index (Phi) is 4.85. The predicted molar refractivity (Wildman–Crippen MR) is 105 cm³/mol. The van der Waals surface area contributed by atoms with E-state index < -0.39 is 10.0 Å². The topological polar surface area (TPSA) is 70.5 Å². The zero-order valence-electron chi connectivity index (χ0n) is 15.0. The van der Waals surface area contributed by atoms with Crippen LogP contribution in [-0.2, 0) is 16.4 Å². The zero-order valence-corrected chi connectivity index (χ0v) is 15.8. The molecule has 1 aliphatic rings. The van der Waals surface area contributed by atoms with Gasteiger partial charge < -0.3 is 5.11 Å². The first kappa shape index (κ1) is 17.9. The highest BCUT2D eigenvalue weighted by atomic mass is 32.2. The SMILES string of the molecule is O=S(=O)(c1ccc(O)c2ncccc12)N1CCC(Cc2ccccc2)CC1. The van der Waals surface area contributed by atoms with Gasteiger partial charge in [-0.1, -0.05) is 30.3 Å². The molecule has 0 aliphatic carbocycles. The highest BCUT2D eigenvalue weighted by molar-refractivity contribution is 7.89. The number of rotatable bonds is 4. The van der Waals surface area contributed by atoms with E-state index >= 15 is 0 Å². The van der Waals surface area contributed by atoms with Gasteiger partial charge in [-0.2, -0.15) is 4.31 Å². The van der Waals surface area contributed by atoms with Crippen LogP contribution in [0.4, 0.5) is 0 Å². The molecule has 2 heterocycles. The van der Waals surface area contributed by atoms with E-state index in [-0.39, 0.29) is 10.6 Å². The summed E-state index contributed by atoms with van der Waals surface area (Å²) in [5.74, 6) is 0.489. The molecule has 0 amide bonds. The summed E-state index contributed by atoms with van der Waals surface area (Å²) in [5, 5.41) is 10.4. The van der Waals surface area contributed by atoms with Gasteiger partial charge >= 0.3 is 0 Å². The molecule has 0 radical (unpaired) electrons. The highest BCUT2D eigenvalue weighted by Gasteiger charge is 2.31. The third-order valence-electron chi connectivity index (χ3n) is 5.27. The maximum absolute atomic E-state index is 13.2. The summed E-state index contributed by atoms with van der Waals surface area (Å²) in [7, 11) is -3.62. The molecule has 1 aromatic heterocycles. The molecule has 0 spiro atoms. The van der Waals surface area contributed by atoms with Crippen molar-refractivity contribution in [3.63, 3.8) is 0 Å². The summed E-state index contributed by atoms with van der Waals surface area (Å²) in [6.07, 6.45) is 4.24. The van der Waals surface area contributed by atoms with Crippen molar-refractivity contribution in [3.8, 4) is 5.75 Å². The molecule has 0 atom stereocenters. The molecule has 0 saturated carbocycles. The fourth-order valence-corrected chi connectivity index (χ4v) is 5.45. The second-order valence-corrected chi connectivity index (χ2v) is 8.93. The average molecular weight is 382 g/mol. The number of aromatic nitrogens is 1. The molecule has 0 unspecified atom stereocenters. The minimum absolute atomic E-state index is 0.00822. The number of sulfonamides is 1. The first-order valence-corrected chi connectivity index (χ1v) is 10.6. The Morgan fingerprint density at radius 1 is 1.00 bits per heavy atom. The summed E-state index contributed by atoms with van der Waals surface area (Å²) in [6.45, 7) is 1.03. The normalized spacial score (nSPS) is 16.6. The maximum atomic E-state index is 13.2. The van der Waals surface area contributed by atoms with Crippen LogP contribution >= 0.6 is 0 Å². The Morgan fingerprint density at radius 2 is 1.74 bits per heavy atom. The Hall–Kier alpha value is -2.44. The minimum atomic E-state index is -3.62. The fraction of sp³-hybridized carbons (Fsp3) is 0.286. The molecule has 1 saturated heterocycles. The number of phenolic OH excluding ortho intramolecular Hbond substituents is 1. The van der Waals surface area contributed by atoms with Gasteiger partial charge in [0.2, 0.25) is 10.0 Å². The van der Waals surface area contributed by atoms with Gasteiger partial charge in [0.1, 0.15) is 11.3 Å². The molecule has 2 aromatic carbocycles. The Bertz CT molecular complexity index is 1040. The molecular weight excluding hydrogens is 360 g/mol. The Labute approximate surface area is 159 Å². The molecule has 1 aliphatic heterocycles. The lowest BCUT2D eigenvalue weighted by Crippen LogP contribution is -2.38. The molecule has 4 rings (SSSR count). The second kappa shape index (κ2) is 7.29. The number of hydrogen-bond acceptors (Lipinski definition) is 4. The van der Waals surface area contributed by atoms with Crippen LogP contribution in [0.15, 0.2) is 65.7 Å². The molecule has 3 aromatic rings. The van der Waals surface area contributed by atoms with Crippen LogP contribution < -0.4 is 0 Å². The van der Waals surface area contributed by atoms with Gasteiger partial charge in [-0.3, -0.25) is 4.98 Å². The third-order valence-corrected chi connectivity index (χ3v) is 7.22. The van der Waals surface area contributed by atoms with Crippen molar-refractivity contribution in [1.82, 2.24) is 9.29 Å². The smallest absolute Gasteiger partial charge is 0.243 e. The van der Waals surface area contributed by atoms with E-state index in [0.717, 1.165) is 19.3 Å². The van der Waals surface area contributed by atoms with Gasteiger partial charge in [-0.05, 0) is 55.0 Å². The molecule has 1 fully saturated rings. The summed E-state index contributed by atoms with van der Waals surface area (Å²) >= 11 is 0. The Morgan fingerprint density at radius 3 is 2.48 bits per heavy atom. The van der Waals surface area contributed by atoms with E-state index in [0.29, 0.717) is 29.9 Å². The standard InChI is InChI=1S/C21H22N2O3S/c24-19-8-9-20(18-7-4-12-22-21(18)19)27(25,26)23-13-10-17(11-14-23)15-16-5-2-1-3-6-16/h1-9,12,17,24H,10-11,13-15H2. The van der Waals surface area contributed by atoms with E-state index in [1.54, 1.807) is 22.6 Å². The van der Waals surface area contributed by atoms with Crippen LogP contribution in [0.1, 0.15) is 18.4 Å². The first-order valence-electron chi connectivity index (χ1n) is 9.16. The number of nitrogens with zero attached hydrogens (tertiary/aromatic N) is 2. The van der Waals surface area contributed by atoms with Crippen LogP contribution in [0, 0.1) is 5.92 Å². The zero-order chi connectivity index (χ0) is 18.9. The lowest BCUT2D eigenvalue weighted by molar-refractivity contribution is 0.273. The molecular formula is C21H22N2O3S. The molecule has 0 bridgehead atoms. The summed E-state index contributed by atoms with van der Waals surface area (Å²) < 4.78 is 28.0. The molecule has 140 valence electrons. The highest BCUT2D eigenvalue weighted by Crippen LogP contribution is 2.32. The second-order valence-electron chi connectivity index (χ2n) is 7.02. The molecule has 6 heteroatoms. The monoisotopic (exact) mass is 382 g/mol. The van der Waals surface area contributed by atoms with E-state index in [1.165, 1.54) is 17.7 Å². The van der Waals surface area contributed by atoms with Crippen molar-refractivity contribution < 1.29 is 13.5 Å². The molecule has 1 N–H and O–H groups in total. The molecule has 27 heavy (non-hydrogen) atoms. The maximum Gasteiger partial charge on any atom is 0.243 e. The number of hydrogen-bond donors (Lipinski definition) is 1. The largest absolute Gasteiger partial charge is 0.506 e. The van der Waals surface area contributed by atoms with E-state index in [4.69, 9.17) is 0 Å². The van der Waals surface area contributed by atoms with Crippen molar-refractivity contribution >= 4 is 20.9 Å². The number of aromatic hydroxyl groups is 1. The van der Waals surface area contributed by atoms with E-state index in [9.17, 15) is 13.5 Å². The van der Waals surface area contributed by atoms with Crippen LogP contribution in [0.3, 0.4) is 0 Å². The Balaban J connectivity index is 1.54. The van der Waals surface area contributed by atoms with Gasteiger partial charge in [-0.15, -0.1) is 0 Å². The lowest BCUT2D eigenvalue weighted by Gasteiger charge is -2.31. The van der Waals surface area contributed by atoms with Crippen molar-refractivity contribution in [2.75, 3.05) is 13.1 Å². The summed E-state index contributed by atoms with van der Waals surface area (Å²) in [4.78, 5) is 4.34. The van der Waals surface area contributed by atoms with E-state index in [1.807, 2.05) is 18.2 Å². The number of phenols is 1. The first-order chi connectivity index (χ1) is 13.1. The predicted octanol–water partition coefficient (Wildman–Crippen LogP) is 3.58. The quantitative estimate of drug-likeness (QED) is 0.749. The number of piperidine rings is 1.